The van der Waals surface area contributed by atoms with Gasteiger partial charge in [0.25, 0.3) is 11.5 Å². The molecule has 1 aliphatic heterocycles. The van der Waals surface area contributed by atoms with E-state index in [2.05, 4.69) is 9.97 Å². The Morgan fingerprint density at radius 3 is 2.79 bits per heavy atom. The Balaban J connectivity index is 1.63. The molecule has 7 heteroatoms. The van der Waals surface area contributed by atoms with Crippen LogP contribution < -0.4 is 5.56 Å². The van der Waals surface area contributed by atoms with Crippen molar-refractivity contribution in [1.29, 1.82) is 0 Å². The topological polar surface area (TPSA) is 66.1 Å². The second kappa shape index (κ2) is 8.63. The second-order valence-corrected chi connectivity index (χ2v) is 7.71. The summed E-state index contributed by atoms with van der Waals surface area (Å²) in [5, 5.41) is 0. The number of piperidine rings is 1. The fourth-order valence-electron chi connectivity index (χ4n) is 3.58. The third kappa shape index (κ3) is 4.64. The molecule has 0 saturated carbocycles. The summed E-state index contributed by atoms with van der Waals surface area (Å²) in [6, 6.07) is 3.95. The number of aryl methyl sites for hydroxylation is 1. The van der Waals surface area contributed by atoms with Gasteiger partial charge < -0.3 is 9.88 Å². The summed E-state index contributed by atoms with van der Waals surface area (Å²) in [6.07, 6.45) is 4.57. The molecule has 2 heterocycles. The Hall–Kier alpha value is -2.57. The molecular formula is C21H25F2N3O2. The number of H-pyrrole nitrogens is 1. The van der Waals surface area contributed by atoms with Crippen LogP contribution in [0.1, 0.15) is 60.8 Å². The van der Waals surface area contributed by atoms with Gasteiger partial charge in [-0.15, -0.1) is 0 Å². The van der Waals surface area contributed by atoms with Crippen molar-refractivity contribution in [2.75, 3.05) is 13.1 Å². The van der Waals surface area contributed by atoms with E-state index in [1.807, 2.05) is 13.8 Å². The van der Waals surface area contributed by atoms with Crippen LogP contribution in [0.3, 0.4) is 0 Å². The van der Waals surface area contributed by atoms with E-state index < -0.39 is 17.2 Å². The summed E-state index contributed by atoms with van der Waals surface area (Å²) in [5.41, 5.74) is 0.394. The normalized spacial score (nSPS) is 17.2. The fourth-order valence-corrected chi connectivity index (χ4v) is 3.58. The summed E-state index contributed by atoms with van der Waals surface area (Å²) in [5.74, 6) is -1.10. The second-order valence-electron chi connectivity index (χ2n) is 7.71. The van der Waals surface area contributed by atoms with Gasteiger partial charge in [-0.05, 0) is 49.3 Å². The molecule has 28 heavy (non-hydrogen) atoms. The highest BCUT2D eigenvalue weighted by molar-refractivity contribution is 5.93. The van der Waals surface area contributed by atoms with E-state index in [-0.39, 0.29) is 23.3 Å². The maximum absolute atomic E-state index is 13.4. The first-order chi connectivity index (χ1) is 13.3. The zero-order valence-corrected chi connectivity index (χ0v) is 16.2. The number of nitrogens with one attached hydrogen (secondary N) is 1. The SMILES string of the molecule is CC(C)c1ncc(C(=O)N2CCC[C@H](CCc3ccc(F)c(F)c3)C2)c(=O)[nH]1. The number of hydrogen-bond donors (Lipinski definition) is 1. The first-order valence-electron chi connectivity index (χ1n) is 9.67. The van der Waals surface area contributed by atoms with Crippen LogP contribution in [0.2, 0.25) is 0 Å². The van der Waals surface area contributed by atoms with E-state index in [1.165, 1.54) is 12.3 Å². The molecule has 1 aromatic heterocycles. The van der Waals surface area contributed by atoms with Crippen LogP contribution in [0, 0.1) is 17.6 Å². The number of likely N-dealkylation sites (tertiary alicyclic amines) is 1. The van der Waals surface area contributed by atoms with Crippen LogP contribution in [0.25, 0.3) is 0 Å². The lowest BCUT2D eigenvalue weighted by Crippen LogP contribution is -2.42. The summed E-state index contributed by atoms with van der Waals surface area (Å²) in [6.45, 7) is 4.99. The van der Waals surface area contributed by atoms with Crippen molar-refractivity contribution in [3.05, 3.63) is 63.3 Å². The number of aromatic nitrogens is 2. The van der Waals surface area contributed by atoms with E-state index in [1.54, 1.807) is 11.0 Å². The van der Waals surface area contributed by atoms with Gasteiger partial charge in [0.05, 0.1) is 0 Å². The van der Waals surface area contributed by atoms with E-state index in [0.29, 0.717) is 25.3 Å². The van der Waals surface area contributed by atoms with Crippen LogP contribution >= 0.6 is 0 Å². The minimum Gasteiger partial charge on any atom is -0.338 e. The highest BCUT2D eigenvalue weighted by Crippen LogP contribution is 2.23. The molecular weight excluding hydrogens is 364 g/mol. The minimum atomic E-state index is -0.847. The average molecular weight is 389 g/mol. The van der Waals surface area contributed by atoms with Gasteiger partial charge in [0, 0.05) is 25.2 Å². The third-order valence-corrected chi connectivity index (χ3v) is 5.23. The van der Waals surface area contributed by atoms with Crippen LogP contribution in [0.5, 0.6) is 0 Å². The number of hydrogen-bond acceptors (Lipinski definition) is 3. The Bertz CT molecular complexity index is 911. The number of carbonyl (C=O) groups is 1. The van der Waals surface area contributed by atoms with Crippen molar-refractivity contribution in [3.8, 4) is 0 Å². The molecule has 1 aromatic carbocycles. The first-order valence-corrected chi connectivity index (χ1v) is 9.67. The highest BCUT2D eigenvalue weighted by Gasteiger charge is 2.26. The van der Waals surface area contributed by atoms with Crippen LogP contribution in [0.4, 0.5) is 8.78 Å². The number of rotatable bonds is 5. The summed E-state index contributed by atoms with van der Waals surface area (Å²) >= 11 is 0. The molecule has 0 spiro atoms. The lowest BCUT2D eigenvalue weighted by Gasteiger charge is -2.32. The summed E-state index contributed by atoms with van der Waals surface area (Å²) < 4.78 is 26.4. The van der Waals surface area contributed by atoms with Crippen molar-refractivity contribution in [2.24, 2.45) is 5.92 Å². The highest BCUT2D eigenvalue weighted by atomic mass is 19.2. The molecule has 1 atom stereocenters. The molecule has 5 nitrogen and oxygen atoms in total. The van der Waals surface area contributed by atoms with Gasteiger partial charge >= 0.3 is 0 Å². The molecule has 0 unspecified atom stereocenters. The van der Waals surface area contributed by atoms with Crippen LogP contribution in [0.15, 0.2) is 29.2 Å². The van der Waals surface area contributed by atoms with Gasteiger partial charge in [-0.1, -0.05) is 19.9 Å². The molecule has 1 amide bonds. The predicted molar refractivity (Wildman–Crippen MR) is 102 cm³/mol. The van der Waals surface area contributed by atoms with Crippen molar-refractivity contribution >= 4 is 5.91 Å². The molecule has 1 saturated heterocycles. The summed E-state index contributed by atoms with van der Waals surface area (Å²) in [4.78, 5) is 33.6. The number of nitrogens with zero attached hydrogens (tertiary/aromatic N) is 2. The van der Waals surface area contributed by atoms with Gasteiger partial charge in [0.1, 0.15) is 11.4 Å². The Kier molecular flexibility index (Phi) is 6.21. The molecule has 2 aromatic rings. The monoisotopic (exact) mass is 389 g/mol. The molecule has 0 aliphatic carbocycles. The average Bonchev–Trinajstić information content (AvgIpc) is 2.68. The quantitative estimate of drug-likeness (QED) is 0.849. The molecule has 1 aliphatic rings. The lowest BCUT2D eigenvalue weighted by atomic mass is 9.91. The molecule has 1 N–H and O–H groups in total. The molecule has 0 radical (unpaired) electrons. The largest absolute Gasteiger partial charge is 0.338 e. The van der Waals surface area contributed by atoms with Crippen LogP contribution in [-0.4, -0.2) is 33.9 Å². The zero-order chi connectivity index (χ0) is 20.3. The number of aromatic amines is 1. The van der Waals surface area contributed by atoms with Gasteiger partial charge in [0.15, 0.2) is 11.6 Å². The Morgan fingerprint density at radius 2 is 2.11 bits per heavy atom. The van der Waals surface area contributed by atoms with Crippen molar-refractivity contribution < 1.29 is 13.6 Å². The predicted octanol–water partition coefficient (Wildman–Crippen LogP) is 3.66. The molecule has 150 valence electrons. The van der Waals surface area contributed by atoms with Gasteiger partial charge in [-0.2, -0.15) is 0 Å². The lowest BCUT2D eigenvalue weighted by molar-refractivity contribution is 0.0666. The maximum atomic E-state index is 13.4. The van der Waals surface area contributed by atoms with Gasteiger partial charge in [-0.3, -0.25) is 9.59 Å². The maximum Gasteiger partial charge on any atom is 0.263 e. The smallest absolute Gasteiger partial charge is 0.263 e. The van der Waals surface area contributed by atoms with E-state index in [0.717, 1.165) is 30.9 Å². The first kappa shape index (κ1) is 20.2. The Morgan fingerprint density at radius 1 is 1.32 bits per heavy atom. The minimum absolute atomic E-state index is 0.0608. The fraction of sp³-hybridized carbons (Fsp3) is 0.476. The van der Waals surface area contributed by atoms with Gasteiger partial charge in [0.2, 0.25) is 0 Å². The molecule has 0 bridgehead atoms. The Labute approximate surface area is 162 Å². The van der Waals surface area contributed by atoms with Crippen molar-refractivity contribution in [2.45, 2.75) is 45.4 Å². The number of benzene rings is 1. The van der Waals surface area contributed by atoms with Crippen molar-refractivity contribution in [1.82, 2.24) is 14.9 Å². The van der Waals surface area contributed by atoms with Crippen LogP contribution in [-0.2, 0) is 6.42 Å². The molecule has 3 rings (SSSR count). The third-order valence-electron chi connectivity index (χ3n) is 5.23. The van der Waals surface area contributed by atoms with Crippen molar-refractivity contribution in [3.63, 3.8) is 0 Å². The molecule has 1 fully saturated rings. The van der Waals surface area contributed by atoms with Gasteiger partial charge in [-0.25, -0.2) is 13.8 Å². The number of halogens is 2. The zero-order valence-electron chi connectivity index (χ0n) is 16.2. The van der Waals surface area contributed by atoms with E-state index in [4.69, 9.17) is 0 Å². The van der Waals surface area contributed by atoms with E-state index in [9.17, 15) is 18.4 Å². The number of amides is 1. The standard InChI is InChI=1S/C21H25F2N3O2/c1-13(2)19-24-11-16(20(27)25-19)21(28)26-9-3-4-15(12-26)6-5-14-7-8-17(22)18(23)10-14/h7-8,10-11,13,15H,3-6,9,12H2,1-2H3,(H,24,25,27)/t15-/m1/s1. The van der Waals surface area contributed by atoms with E-state index >= 15 is 0 Å². The number of carbonyl (C=O) groups excluding carboxylic acids is 1. The summed E-state index contributed by atoms with van der Waals surface area (Å²) in [7, 11) is 0.